The van der Waals surface area contributed by atoms with Crippen molar-refractivity contribution >= 4 is 0 Å². The number of alkyl halides is 3. The number of hydrogen-bond donors (Lipinski definition) is 0. The fourth-order valence-electron chi connectivity index (χ4n) is 2.21. The zero-order chi connectivity index (χ0) is 13.9. The summed E-state index contributed by atoms with van der Waals surface area (Å²) in [6, 6.07) is 0. The molecule has 0 aliphatic carbocycles. The highest BCUT2D eigenvalue weighted by atomic mass is 19.4. The van der Waals surface area contributed by atoms with Crippen LogP contribution in [0.4, 0.5) is 13.2 Å². The molecule has 0 N–H and O–H groups in total. The minimum absolute atomic E-state index is 0.0779. The Kier molecular flexibility index (Phi) is 4.72. The summed E-state index contributed by atoms with van der Waals surface area (Å²) in [7, 11) is 0. The van der Waals surface area contributed by atoms with Crippen molar-refractivity contribution in [2.24, 2.45) is 0 Å². The number of ether oxygens (including phenoxy) is 1. The first-order valence-electron chi connectivity index (χ1n) is 6.49. The van der Waals surface area contributed by atoms with Crippen LogP contribution in [0.3, 0.4) is 0 Å². The molecule has 1 heterocycles. The van der Waals surface area contributed by atoms with E-state index in [0.717, 1.165) is 25.7 Å². The Morgan fingerprint density at radius 3 is 2.22 bits per heavy atom. The SMILES string of the molecule is CCCCCCC#CC1(C(F)(F)F)CC(C)(C)O1. The maximum absolute atomic E-state index is 12.9. The van der Waals surface area contributed by atoms with E-state index in [1.807, 2.05) is 0 Å². The minimum Gasteiger partial charge on any atom is -0.347 e. The Bertz CT molecular complexity index is 325. The van der Waals surface area contributed by atoms with Crippen LogP contribution < -0.4 is 0 Å². The highest BCUT2D eigenvalue weighted by Gasteiger charge is 2.66. The van der Waals surface area contributed by atoms with Crippen molar-refractivity contribution in [3.05, 3.63) is 0 Å². The summed E-state index contributed by atoms with van der Waals surface area (Å²) in [5.41, 5.74) is -2.94. The Morgan fingerprint density at radius 1 is 1.17 bits per heavy atom. The van der Waals surface area contributed by atoms with E-state index in [1.54, 1.807) is 13.8 Å². The monoisotopic (exact) mass is 262 g/mol. The molecule has 104 valence electrons. The minimum atomic E-state index is -4.40. The number of rotatable bonds is 4. The van der Waals surface area contributed by atoms with Crippen molar-refractivity contribution in [2.45, 2.75) is 76.7 Å². The van der Waals surface area contributed by atoms with Gasteiger partial charge in [-0.2, -0.15) is 13.2 Å². The first-order chi connectivity index (χ1) is 8.22. The second-order valence-electron chi connectivity index (χ2n) is 5.48. The lowest BCUT2D eigenvalue weighted by atomic mass is 9.81. The summed E-state index contributed by atoms with van der Waals surface area (Å²) in [4.78, 5) is 0. The summed E-state index contributed by atoms with van der Waals surface area (Å²) < 4.78 is 43.7. The molecule has 4 heteroatoms. The van der Waals surface area contributed by atoms with Gasteiger partial charge >= 0.3 is 6.18 Å². The molecule has 0 aromatic heterocycles. The second kappa shape index (κ2) is 5.52. The van der Waals surface area contributed by atoms with Gasteiger partial charge in [-0.3, -0.25) is 0 Å². The van der Waals surface area contributed by atoms with E-state index in [1.165, 1.54) is 0 Å². The topological polar surface area (TPSA) is 9.23 Å². The van der Waals surface area contributed by atoms with Crippen molar-refractivity contribution in [2.75, 3.05) is 0 Å². The highest BCUT2D eigenvalue weighted by Crippen LogP contribution is 2.50. The lowest BCUT2D eigenvalue weighted by Crippen LogP contribution is -2.63. The van der Waals surface area contributed by atoms with E-state index >= 15 is 0 Å². The fraction of sp³-hybridized carbons (Fsp3) is 0.857. The Hall–Kier alpha value is -0.690. The predicted octanol–water partition coefficient (Wildman–Crippen LogP) is 4.46. The van der Waals surface area contributed by atoms with Gasteiger partial charge in [0.2, 0.25) is 5.60 Å². The molecule has 1 aliphatic rings. The Labute approximate surface area is 107 Å². The summed E-state index contributed by atoms with van der Waals surface area (Å²) in [5.74, 6) is 4.94. The van der Waals surface area contributed by atoms with Gasteiger partial charge in [0.25, 0.3) is 0 Å². The molecule has 0 radical (unpaired) electrons. The third-order valence-electron chi connectivity index (χ3n) is 3.03. The van der Waals surface area contributed by atoms with Crippen LogP contribution in [-0.4, -0.2) is 17.4 Å². The Balaban J connectivity index is 2.53. The van der Waals surface area contributed by atoms with Crippen molar-refractivity contribution < 1.29 is 17.9 Å². The first-order valence-corrected chi connectivity index (χ1v) is 6.49. The summed E-state index contributed by atoms with van der Waals surface area (Å²) >= 11 is 0. The van der Waals surface area contributed by atoms with Gasteiger partial charge in [-0.1, -0.05) is 38.0 Å². The first kappa shape index (κ1) is 15.4. The van der Waals surface area contributed by atoms with Gasteiger partial charge < -0.3 is 4.74 Å². The average molecular weight is 262 g/mol. The van der Waals surface area contributed by atoms with Crippen LogP contribution >= 0.6 is 0 Å². The molecule has 18 heavy (non-hydrogen) atoms. The molecule has 1 atom stereocenters. The van der Waals surface area contributed by atoms with E-state index in [9.17, 15) is 13.2 Å². The maximum atomic E-state index is 12.9. The molecule has 0 spiro atoms. The molecular weight excluding hydrogens is 241 g/mol. The Morgan fingerprint density at radius 2 is 1.78 bits per heavy atom. The van der Waals surface area contributed by atoms with Gasteiger partial charge in [0.1, 0.15) is 0 Å². The molecule has 1 saturated heterocycles. The van der Waals surface area contributed by atoms with E-state index in [4.69, 9.17) is 4.74 Å². The van der Waals surface area contributed by atoms with E-state index in [-0.39, 0.29) is 6.42 Å². The second-order valence-corrected chi connectivity index (χ2v) is 5.48. The lowest BCUT2D eigenvalue weighted by Gasteiger charge is -2.50. The number of hydrogen-bond acceptors (Lipinski definition) is 1. The fourth-order valence-corrected chi connectivity index (χ4v) is 2.21. The standard InChI is InChI=1S/C14H21F3O/c1-4-5-6-7-8-9-10-13(14(15,16)17)11-12(2,3)18-13/h4-8,11H2,1-3H3. The van der Waals surface area contributed by atoms with Crippen LogP contribution in [0.15, 0.2) is 0 Å². The molecule has 1 fully saturated rings. The maximum Gasteiger partial charge on any atom is 0.429 e. The molecule has 0 aromatic rings. The molecule has 1 rings (SSSR count). The van der Waals surface area contributed by atoms with E-state index in [0.29, 0.717) is 6.42 Å². The van der Waals surface area contributed by atoms with E-state index < -0.39 is 17.4 Å². The van der Waals surface area contributed by atoms with Crippen LogP contribution in [0, 0.1) is 11.8 Å². The summed E-state index contributed by atoms with van der Waals surface area (Å²) in [6.07, 6.45) is 0.133. The van der Waals surface area contributed by atoms with Gasteiger partial charge in [-0.15, -0.1) is 0 Å². The van der Waals surface area contributed by atoms with Gasteiger partial charge in [0.15, 0.2) is 0 Å². The van der Waals surface area contributed by atoms with Gasteiger partial charge in [-0.05, 0) is 20.3 Å². The predicted molar refractivity (Wildman–Crippen MR) is 65.1 cm³/mol. The molecular formula is C14H21F3O. The van der Waals surface area contributed by atoms with Crippen LogP contribution in [0.25, 0.3) is 0 Å². The smallest absolute Gasteiger partial charge is 0.347 e. The summed E-state index contributed by atoms with van der Waals surface area (Å²) in [5, 5.41) is 0. The van der Waals surface area contributed by atoms with Crippen LogP contribution in [0.2, 0.25) is 0 Å². The molecule has 0 saturated carbocycles. The zero-order valence-corrected chi connectivity index (χ0v) is 11.3. The molecule has 0 amide bonds. The quantitative estimate of drug-likeness (QED) is 0.537. The number of unbranched alkanes of at least 4 members (excludes halogenated alkanes) is 4. The molecule has 1 unspecified atom stereocenters. The van der Waals surface area contributed by atoms with Crippen LogP contribution in [-0.2, 0) is 4.74 Å². The van der Waals surface area contributed by atoms with Crippen molar-refractivity contribution in [3.63, 3.8) is 0 Å². The normalized spacial score (nSPS) is 26.1. The van der Waals surface area contributed by atoms with Crippen molar-refractivity contribution in [3.8, 4) is 11.8 Å². The zero-order valence-electron chi connectivity index (χ0n) is 11.3. The van der Waals surface area contributed by atoms with Gasteiger partial charge in [0, 0.05) is 12.8 Å². The highest BCUT2D eigenvalue weighted by molar-refractivity contribution is 5.24. The van der Waals surface area contributed by atoms with Gasteiger partial charge in [-0.25, -0.2) is 0 Å². The van der Waals surface area contributed by atoms with Gasteiger partial charge in [0.05, 0.1) is 5.60 Å². The molecule has 1 nitrogen and oxygen atoms in total. The summed E-state index contributed by atoms with van der Waals surface area (Å²) in [6.45, 7) is 5.40. The van der Waals surface area contributed by atoms with Crippen molar-refractivity contribution in [1.29, 1.82) is 0 Å². The average Bonchev–Trinajstić information content (AvgIpc) is 2.18. The third-order valence-corrected chi connectivity index (χ3v) is 3.03. The molecule has 0 bridgehead atoms. The van der Waals surface area contributed by atoms with Crippen LogP contribution in [0.5, 0.6) is 0 Å². The van der Waals surface area contributed by atoms with Crippen molar-refractivity contribution in [1.82, 2.24) is 0 Å². The van der Waals surface area contributed by atoms with Crippen LogP contribution in [0.1, 0.15) is 59.3 Å². The lowest BCUT2D eigenvalue weighted by molar-refractivity contribution is -0.350. The molecule has 1 aliphatic heterocycles. The number of halogens is 3. The third kappa shape index (κ3) is 3.65. The van der Waals surface area contributed by atoms with E-state index in [2.05, 4.69) is 18.8 Å². The molecule has 0 aromatic carbocycles. The largest absolute Gasteiger partial charge is 0.429 e.